The summed E-state index contributed by atoms with van der Waals surface area (Å²) in [5.41, 5.74) is 6.21. The first kappa shape index (κ1) is 26.9. The second kappa shape index (κ2) is 12.1. The lowest BCUT2D eigenvalue weighted by molar-refractivity contribution is 0.0412. The van der Waals surface area contributed by atoms with Gasteiger partial charge in [-0.3, -0.25) is 14.5 Å². The fourth-order valence-corrected chi connectivity index (χ4v) is 5.95. The van der Waals surface area contributed by atoms with Crippen molar-refractivity contribution in [3.05, 3.63) is 114 Å². The van der Waals surface area contributed by atoms with Crippen LogP contribution in [0.4, 0.5) is 0 Å². The van der Waals surface area contributed by atoms with Gasteiger partial charge in [0, 0.05) is 67.6 Å². The van der Waals surface area contributed by atoms with Gasteiger partial charge in [0.25, 0.3) is 11.8 Å². The second-order valence-electron chi connectivity index (χ2n) is 11.1. The summed E-state index contributed by atoms with van der Waals surface area (Å²) in [5, 5.41) is 0. The van der Waals surface area contributed by atoms with Crippen LogP contribution >= 0.6 is 0 Å². The number of aromatic nitrogens is 1. The molecule has 41 heavy (non-hydrogen) atoms. The molecule has 4 aromatic rings. The smallest absolute Gasteiger partial charge is 0.254 e. The Hall–Kier alpha value is -4.29. The number of nitrogens with zero attached hydrogens (tertiary/aromatic N) is 4. The van der Waals surface area contributed by atoms with Crippen LogP contribution in [0.1, 0.15) is 39.1 Å². The third kappa shape index (κ3) is 6.08. The van der Waals surface area contributed by atoms with Crippen molar-refractivity contribution in [1.82, 2.24) is 19.7 Å². The van der Waals surface area contributed by atoms with Gasteiger partial charge in [0.1, 0.15) is 0 Å². The number of amides is 2. The number of carbonyl (C=O) groups is 2. The number of rotatable bonds is 5. The molecule has 2 amide bonds. The number of hydrogen-bond acceptors (Lipinski definition) is 4. The van der Waals surface area contributed by atoms with E-state index in [1.807, 2.05) is 114 Å². The normalized spacial score (nSPS) is 16.5. The van der Waals surface area contributed by atoms with E-state index in [-0.39, 0.29) is 11.8 Å². The van der Waals surface area contributed by atoms with Gasteiger partial charge in [-0.25, -0.2) is 4.98 Å². The molecule has 3 aromatic carbocycles. The zero-order chi connectivity index (χ0) is 28.2. The van der Waals surface area contributed by atoms with E-state index in [0.717, 1.165) is 72.7 Å². The lowest BCUT2D eigenvalue weighted by Crippen LogP contribution is -2.54. The van der Waals surface area contributed by atoms with Crippen molar-refractivity contribution in [2.24, 2.45) is 0 Å². The number of benzene rings is 3. The molecule has 3 heterocycles. The third-order valence-electron chi connectivity index (χ3n) is 8.38. The van der Waals surface area contributed by atoms with E-state index >= 15 is 0 Å². The van der Waals surface area contributed by atoms with Crippen molar-refractivity contribution in [2.75, 3.05) is 39.3 Å². The van der Waals surface area contributed by atoms with Gasteiger partial charge in [-0.15, -0.1) is 0 Å². The van der Waals surface area contributed by atoms with Gasteiger partial charge >= 0.3 is 0 Å². The quantitative estimate of drug-likeness (QED) is 0.319. The van der Waals surface area contributed by atoms with Crippen molar-refractivity contribution < 1.29 is 9.59 Å². The van der Waals surface area contributed by atoms with Crippen molar-refractivity contribution in [3.63, 3.8) is 0 Å². The van der Waals surface area contributed by atoms with E-state index < -0.39 is 0 Å². The van der Waals surface area contributed by atoms with E-state index in [1.54, 1.807) is 0 Å². The Morgan fingerprint density at radius 3 is 1.63 bits per heavy atom. The molecule has 2 fully saturated rings. The van der Waals surface area contributed by atoms with Gasteiger partial charge in [-0.05, 0) is 44.0 Å². The minimum atomic E-state index is 0.0555. The van der Waals surface area contributed by atoms with Crippen molar-refractivity contribution in [1.29, 1.82) is 0 Å². The lowest BCUT2D eigenvalue weighted by atomic mass is 10.0. The second-order valence-corrected chi connectivity index (χ2v) is 11.1. The predicted octanol–water partition coefficient (Wildman–Crippen LogP) is 5.79. The maximum atomic E-state index is 13.8. The van der Waals surface area contributed by atoms with Gasteiger partial charge in [-0.1, -0.05) is 78.4 Å². The fraction of sp³-hybridized carbons (Fsp3) is 0.286. The molecule has 1 aromatic heterocycles. The first-order chi connectivity index (χ1) is 20.0. The molecule has 0 unspecified atom stereocenters. The van der Waals surface area contributed by atoms with E-state index in [1.165, 1.54) is 0 Å². The molecule has 0 atom stereocenters. The summed E-state index contributed by atoms with van der Waals surface area (Å²) in [6, 6.07) is 32.2. The highest BCUT2D eigenvalue weighted by atomic mass is 16.2. The molecule has 0 radical (unpaired) electrons. The number of aryl methyl sites for hydroxylation is 1. The highest BCUT2D eigenvalue weighted by Crippen LogP contribution is 2.26. The fourth-order valence-electron chi connectivity index (χ4n) is 5.95. The van der Waals surface area contributed by atoms with Gasteiger partial charge in [0.15, 0.2) is 0 Å². The van der Waals surface area contributed by atoms with Crippen molar-refractivity contribution >= 4 is 11.8 Å². The third-order valence-corrected chi connectivity index (χ3v) is 8.38. The summed E-state index contributed by atoms with van der Waals surface area (Å²) in [6.45, 7) is 6.69. The predicted molar refractivity (Wildman–Crippen MR) is 163 cm³/mol. The Morgan fingerprint density at radius 2 is 1.10 bits per heavy atom. The maximum absolute atomic E-state index is 13.8. The molecule has 2 saturated heterocycles. The highest BCUT2D eigenvalue weighted by Gasteiger charge is 2.31. The lowest BCUT2D eigenvalue weighted by Gasteiger charge is -2.42. The van der Waals surface area contributed by atoms with Crippen LogP contribution in [-0.4, -0.2) is 76.8 Å². The molecule has 2 aliphatic rings. The first-order valence-corrected chi connectivity index (χ1v) is 14.6. The Morgan fingerprint density at radius 1 is 0.610 bits per heavy atom. The van der Waals surface area contributed by atoms with E-state index in [4.69, 9.17) is 4.98 Å². The zero-order valence-electron chi connectivity index (χ0n) is 23.6. The van der Waals surface area contributed by atoms with Crippen LogP contribution < -0.4 is 0 Å². The van der Waals surface area contributed by atoms with E-state index in [0.29, 0.717) is 24.7 Å². The van der Waals surface area contributed by atoms with Gasteiger partial charge in [0.05, 0.1) is 11.4 Å². The highest BCUT2D eigenvalue weighted by molar-refractivity contribution is 5.96. The van der Waals surface area contributed by atoms with E-state index in [2.05, 4.69) is 4.90 Å². The van der Waals surface area contributed by atoms with Crippen LogP contribution in [0.2, 0.25) is 0 Å². The van der Waals surface area contributed by atoms with Crippen LogP contribution in [0, 0.1) is 6.92 Å². The molecular weight excluding hydrogens is 508 g/mol. The van der Waals surface area contributed by atoms with Crippen LogP contribution in [0.15, 0.2) is 97.1 Å². The van der Waals surface area contributed by atoms with Gasteiger partial charge in [0.2, 0.25) is 0 Å². The number of carbonyl (C=O) groups excluding carboxylic acids is 2. The molecule has 6 heteroatoms. The molecule has 2 aliphatic heterocycles. The number of hydrogen-bond donors (Lipinski definition) is 0. The number of piperazine rings is 1. The molecule has 0 saturated carbocycles. The Balaban J connectivity index is 1.10. The molecular formula is C35H36N4O2. The summed E-state index contributed by atoms with van der Waals surface area (Å²) in [6.07, 6.45) is 1.94. The number of likely N-dealkylation sites (tertiary alicyclic amines) is 1. The topological polar surface area (TPSA) is 56.8 Å². The Labute approximate surface area is 242 Å². The largest absolute Gasteiger partial charge is 0.339 e. The Bertz CT molecular complexity index is 1430. The molecule has 0 bridgehead atoms. The van der Waals surface area contributed by atoms with E-state index in [9.17, 15) is 9.59 Å². The van der Waals surface area contributed by atoms with Gasteiger partial charge < -0.3 is 9.80 Å². The maximum Gasteiger partial charge on any atom is 0.254 e. The average molecular weight is 545 g/mol. The van der Waals surface area contributed by atoms with Crippen LogP contribution in [0.25, 0.3) is 22.5 Å². The molecule has 0 spiro atoms. The van der Waals surface area contributed by atoms with Crippen LogP contribution in [0.3, 0.4) is 0 Å². The first-order valence-electron chi connectivity index (χ1n) is 14.6. The minimum absolute atomic E-state index is 0.0555. The summed E-state index contributed by atoms with van der Waals surface area (Å²) < 4.78 is 0. The van der Waals surface area contributed by atoms with Crippen molar-refractivity contribution in [2.45, 2.75) is 25.8 Å². The molecule has 6 nitrogen and oxygen atoms in total. The monoisotopic (exact) mass is 544 g/mol. The van der Waals surface area contributed by atoms with Crippen LogP contribution in [-0.2, 0) is 0 Å². The number of pyridine rings is 1. The Kier molecular flexibility index (Phi) is 7.92. The standard InChI is InChI=1S/C35H36N4O2/c1-26-12-14-29(15-13-26)34(40)38-18-16-31(17-19-38)37-20-22-39(23-21-37)35(41)30-24-32(27-8-4-2-5-9-27)36-33(25-30)28-10-6-3-7-11-28/h2-15,24-25,31H,16-23H2,1H3. The van der Waals surface area contributed by atoms with Gasteiger partial charge in [-0.2, -0.15) is 0 Å². The average Bonchev–Trinajstić information content (AvgIpc) is 3.05. The molecule has 6 rings (SSSR count). The minimum Gasteiger partial charge on any atom is -0.339 e. The SMILES string of the molecule is Cc1ccc(C(=O)N2CCC(N3CCN(C(=O)c4cc(-c5ccccc5)nc(-c5ccccc5)c4)CC3)CC2)cc1. The summed E-state index contributed by atoms with van der Waals surface area (Å²) >= 11 is 0. The van der Waals surface area contributed by atoms with Crippen molar-refractivity contribution in [3.8, 4) is 22.5 Å². The molecule has 0 aliphatic carbocycles. The summed E-state index contributed by atoms with van der Waals surface area (Å²) in [7, 11) is 0. The van der Waals surface area contributed by atoms with Crippen LogP contribution in [0.5, 0.6) is 0 Å². The summed E-state index contributed by atoms with van der Waals surface area (Å²) in [5.74, 6) is 0.181. The zero-order valence-corrected chi connectivity index (χ0v) is 23.6. The molecule has 0 N–H and O–H groups in total. The molecule has 208 valence electrons. The number of piperidine rings is 1. The summed E-state index contributed by atoms with van der Waals surface area (Å²) in [4.78, 5) is 38.1.